The molecule has 3 rings (SSSR count). The Morgan fingerprint density at radius 2 is 1.88 bits per heavy atom. The molecule has 0 aliphatic heterocycles. The second-order valence-corrected chi connectivity index (χ2v) is 7.19. The third-order valence-electron chi connectivity index (χ3n) is 3.73. The van der Waals surface area contributed by atoms with E-state index >= 15 is 0 Å². The quantitative estimate of drug-likeness (QED) is 0.742. The molecule has 0 spiro atoms. The highest BCUT2D eigenvalue weighted by molar-refractivity contribution is 7.89. The third-order valence-corrected chi connectivity index (χ3v) is 4.66. The first-order valence-electron chi connectivity index (χ1n) is 7.56. The Hall–Kier alpha value is -2.71. The van der Waals surface area contributed by atoms with E-state index in [1.54, 1.807) is 0 Å². The summed E-state index contributed by atoms with van der Waals surface area (Å²) in [6, 6.07) is 11.3. The number of aromatic nitrogens is 2. The summed E-state index contributed by atoms with van der Waals surface area (Å²) in [6.07, 6.45) is 1.49. The Morgan fingerprint density at radius 1 is 1.16 bits per heavy atom. The number of hydrogen-bond acceptors (Lipinski definition) is 5. The Balaban J connectivity index is 1.71. The number of nitrogens with two attached hydrogens (primary N) is 1. The molecular formula is C17H17N3O4S. The number of aryl methyl sites for hydroxylation is 1. The molecule has 0 atom stereocenters. The van der Waals surface area contributed by atoms with Gasteiger partial charge in [-0.15, -0.1) is 0 Å². The highest BCUT2D eigenvalue weighted by Crippen LogP contribution is 2.15. The maximum absolute atomic E-state index is 12.5. The summed E-state index contributed by atoms with van der Waals surface area (Å²) in [5.41, 5.74) is 1.53. The number of sulfonamides is 1. The monoisotopic (exact) mass is 359 g/mol. The van der Waals surface area contributed by atoms with Gasteiger partial charge in [0.05, 0.1) is 28.7 Å². The molecule has 2 aromatic carbocycles. The fourth-order valence-corrected chi connectivity index (χ4v) is 2.93. The van der Waals surface area contributed by atoms with Gasteiger partial charge in [0.2, 0.25) is 10.0 Å². The summed E-state index contributed by atoms with van der Waals surface area (Å²) in [5, 5.41) is 5.61. The van der Waals surface area contributed by atoms with E-state index < -0.39 is 10.0 Å². The van der Waals surface area contributed by atoms with Gasteiger partial charge in [0.25, 0.3) is 5.56 Å². The minimum Gasteiger partial charge on any atom is -0.492 e. The highest BCUT2D eigenvalue weighted by Gasteiger charge is 2.07. The fraction of sp³-hybridized carbons (Fsp3) is 0.176. The summed E-state index contributed by atoms with van der Waals surface area (Å²) in [4.78, 5) is 16.8. The van der Waals surface area contributed by atoms with Gasteiger partial charge < -0.3 is 4.74 Å². The van der Waals surface area contributed by atoms with Crippen LogP contribution < -0.4 is 15.4 Å². The van der Waals surface area contributed by atoms with Crippen LogP contribution >= 0.6 is 0 Å². The molecule has 0 unspecified atom stereocenters. The van der Waals surface area contributed by atoms with Gasteiger partial charge in [-0.1, -0.05) is 11.6 Å². The molecule has 130 valence electrons. The van der Waals surface area contributed by atoms with E-state index in [1.807, 2.05) is 25.1 Å². The van der Waals surface area contributed by atoms with E-state index in [9.17, 15) is 13.2 Å². The van der Waals surface area contributed by atoms with Gasteiger partial charge in [-0.2, -0.15) is 0 Å². The zero-order valence-corrected chi connectivity index (χ0v) is 14.4. The first-order valence-corrected chi connectivity index (χ1v) is 9.11. The van der Waals surface area contributed by atoms with Gasteiger partial charge >= 0.3 is 0 Å². The van der Waals surface area contributed by atoms with Crippen LogP contribution in [0.15, 0.2) is 58.5 Å². The van der Waals surface area contributed by atoms with Gasteiger partial charge in [-0.3, -0.25) is 9.36 Å². The average Bonchev–Trinajstić information content (AvgIpc) is 2.57. The Kier molecular flexibility index (Phi) is 4.56. The van der Waals surface area contributed by atoms with Crippen molar-refractivity contribution in [3.05, 3.63) is 64.7 Å². The summed E-state index contributed by atoms with van der Waals surface area (Å²) < 4.78 is 29.4. The Bertz CT molecular complexity index is 1070. The molecule has 1 aromatic heterocycles. The molecule has 0 saturated carbocycles. The number of nitrogens with zero attached hydrogens (tertiary/aromatic N) is 2. The lowest BCUT2D eigenvalue weighted by molar-refractivity contribution is 0.296. The molecule has 25 heavy (non-hydrogen) atoms. The predicted octanol–water partition coefficient (Wildman–Crippen LogP) is 1.43. The summed E-state index contributed by atoms with van der Waals surface area (Å²) >= 11 is 0. The number of primary sulfonamides is 1. The molecule has 0 bridgehead atoms. The highest BCUT2D eigenvalue weighted by atomic mass is 32.2. The molecular weight excluding hydrogens is 342 g/mol. The standard InChI is InChI=1S/C17H17N3O4S/c1-12-2-7-16-15(10-12)17(21)20(11-19-16)8-9-24-13-3-5-14(6-4-13)25(18,22)23/h2-7,10-11H,8-9H2,1H3,(H2,18,22,23). The molecule has 3 aromatic rings. The van der Waals surface area contributed by atoms with Crippen molar-refractivity contribution in [2.45, 2.75) is 18.4 Å². The Morgan fingerprint density at radius 3 is 2.56 bits per heavy atom. The Labute approximate surface area is 144 Å². The van der Waals surface area contributed by atoms with Crippen molar-refractivity contribution in [1.82, 2.24) is 9.55 Å². The van der Waals surface area contributed by atoms with Crippen molar-refractivity contribution >= 4 is 20.9 Å². The molecule has 1 heterocycles. The van der Waals surface area contributed by atoms with E-state index in [0.717, 1.165) is 5.56 Å². The van der Waals surface area contributed by atoms with Crippen LogP contribution in [-0.2, 0) is 16.6 Å². The summed E-state index contributed by atoms with van der Waals surface area (Å²) in [5.74, 6) is 0.491. The van der Waals surface area contributed by atoms with Crippen molar-refractivity contribution in [3.8, 4) is 5.75 Å². The molecule has 0 fully saturated rings. The van der Waals surface area contributed by atoms with Crippen LogP contribution in [0.3, 0.4) is 0 Å². The van der Waals surface area contributed by atoms with Crippen LogP contribution in [0.25, 0.3) is 10.9 Å². The van der Waals surface area contributed by atoms with Crippen LogP contribution in [0.5, 0.6) is 5.75 Å². The normalized spacial score (nSPS) is 11.6. The zero-order valence-electron chi connectivity index (χ0n) is 13.5. The topological polar surface area (TPSA) is 104 Å². The lowest BCUT2D eigenvalue weighted by atomic mass is 10.2. The van der Waals surface area contributed by atoms with Crippen molar-refractivity contribution < 1.29 is 13.2 Å². The SMILES string of the molecule is Cc1ccc2ncn(CCOc3ccc(S(N)(=O)=O)cc3)c(=O)c2c1. The van der Waals surface area contributed by atoms with Gasteiger partial charge in [0.1, 0.15) is 12.4 Å². The van der Waals surface area contributed by atoms with Crippen molar-refractivity contribution in [2.24, 2.45) is 5.14 Å². The van der Waals surface area contributed by atoms with Crippen LogP contribution in [0.4, 0.5) is 0 Å². The van der Waals surface area contributed by atoms with Crippen molar-refractivity contribution in [3.63, 3.8) is 0 Å². The average molecular weight is 359 g/mol. The number of ether oxygens (including phenoxy) is 1. The van der Waals surface area contributed by atoms with E-state index in [1.165, 1.54) is 35.2 Å². The minimum absolute atomic E-state index is 0.0187. The van der Waals surface area contributed by atoms with Crippen LogP contribution in [0.2, 0.25) is 0 Å². The van der Waals surface area contributed by atoms with E-state index in [2.05, 4.69) is 4.98 Å². The first-order chi connectivity index (χ1) is 11.8. The number of rotatable bonds is 5. The number of fused-ring (bicyclic) bond motifs is 1. The summed E-state index contributed by atoms with van der Waals surface area (Å²) in [6.45, 7) is 2.49. The molecule has 7 nitrogen and oxygen atoms in total. The molecule has 0 aliphatic carbocycles. The first kappa shape index (κ1) is 17.1. The van der Waals surface area contributed by atoms with Gasteiger partial charge in [0.15, 0.2) is 0 Å². The maximum Gasteiger partial charge on any atom is 0.261 e. The van der Waals surface area contributed by atoms with Crippen LogP contribution in [0.1, 0.15) is 5.56 Å². The molecule has 0 aliphatic rings. The number of benzene rings is 2. The predicted molar refractivity (Wildman–Crippen MR) is 94.1 cm³/mol. The van der Waals surface area contributed by atoms with E-state index in [0.29, 0.717) is 23.2 Å². The van der Waals surface area contributed by atoms with E-state index in [-0.39, 0.29) is 17.1 Å². The van der Waals surface area contributed by atoms with Gasteiger partial charge in [0, 0.05) is 0 Å². The zero-order chi connectivity index (χ0) is 18.0. The molecule has 2 N–H and O–H groups in total. The smallest absolute Gasteiger partial charge is 0.261 e. The molecule has 0 amide bonds. The lowest BCUT2D eigenvalue weighted by Crippen LogP contribution is -2.23. The van der Waals surface area contributed by atoms with Crippen LogP contribution in [-0.4, -0.2) is 24.6 Å². The van der Waals surface area contributed by atoms with Crippen molar-refractivity contribution in [1.29, 1.82) is 0 Å². The number of hydrogen-bond donors (Lipinski definition) is 1. The largest absolute Gasteiger partial charge is 0.492 e. The maximum atomic E-state index is 12.5. The summed E-state index contributed by atoms with van der Waals surface area (Å²) in [7, 11) is -3.72. The fourth-order valence-electron chi connectivity index (χ4n) is 2.42. The second kappa shape index (κ2) is 6.66. The molecule has 0 saturated heterocycles. The molecule has 0 radical (unpaired) electrons. The minimum atomic E-state index is -3.72. The van der Waals surface area contributed by atoms with Crippen molar-refractivity contribution in [2.75, 3.05) is 6.61 Å². The van der Waals surface area contributed by atoms with Gasteiger partial charge in [-0.05, 0) is 43.3 Å². The lowest BCUT2D eigenvalue weighted by Gasteiger charge is -2.09. The van der Waals surface area contributed by atoms with Crippen LogP contribution in [0, 0.1) is 6.92 Å². The van der Waals surface area contributed by atoms with E-state index in [4.69, 9.17) is 9.88 Å². The van der Waals surface area contributed by atoms with Gasteiger partial charge in [-0.25, -0.2) is 18.5 Å². The molecule has 8 heteroatoms. The second-order valence-electron chi connectivity index (χ2n) is 5.63. The third kappa shape index (κ3) is 3.86.